The van der Waals surface area contributed by atoms with Gasteiger partial charge < -0.3 is 21.1 Å². The van der Waals surface area contributed by atoms with Crippen LogP contribution < -0.4 is 16.4 Å². The lowest BCUT2D eigenvalue weighted by Gasteiger charge is -2.09. The van der Waals surface area contributed by atoms with E-state index in [4.69, 9.17) is 5.73 Å². The van der Waals surface area contributed by atoms with Gasteiger partial charge in [-0.15, -0.1) is 0 Å². The zero-order chi connectivity index (χ0) is 29.0. The number of primary amides is 1. The van der Waals surface area contributed by atoms with Crippen molar-refractivity contribution in [3.63, 3.8) is 0 Å². The predicted molar refractivity (Wildman–Crippen MR) is 140 cm³/mol. The Labute approximate surface area is 226 Å². The van der Waals surface area contributed by atoms with Crippen LogP contribution in [0.15, 0.2) is 36.5 Å². The minimum atomic E-state index is -0.622. The van der Waals surface area contributed by atoms with Crippen LogP contribution in [-0.2, 0) is 30.5 Å². The van der Waals surface area contributed by atoms with Crippen LogP contribution in [0.1, 0.15) is 23.3 Å². The zero-order valence-electron chi connectivity index (χ0n) is 21.7. The Bertz CT molecular complexity index is 1660. The summed E-state index contributed by atoms with van der Waals surface area (Å²) in [5, 5.41) is 14.3. The molecular formula is C26H26FN7O6. The predicted octanol–water partition coefficient (Wildman–Crippen LogP) is 0.812. The van der Waals surface area contributed by atoms with Crippen LogP contribution in [0, 0.1) is 12.7 Å². The lowest BCUT2D eigenvalue weighted by atomic mass is 9.98. The van der Waals surface area contributed by atoms with Gasteiger partial charge in [-0.2, -0.15) is 10.2 Å². The van der Waals surface area contributed by atoms with Crippen LogP contribution in [0.5, 0.6) is 0 Å². The van der Waals surface area contributed by atoms with E-state index in [9.17, 15) is 24.0 Å². The van der Waals surface area contributed by atoms with E-state index in [0.717, 1.165) is 4.68 Å². The number of esters is 1. The molecule has 0 atom stereocenters. The Balaban J connectivity index is 1.60. The molecular weight excluding hydrogens is 525 g/mol. The number of nitrogens with zero attached hydrogens (tertiary/aromatic N) is 4. The van der Waals surface area contributed by atoms with Crippen molar-refractivity contribution in [2.75, 3.05) is 20.2 Å². The van der Waals surface area contributed by atoms with Crippen molar-refractivity contribution in [1.82, 2.24) is 30.2 Å². The van der Waals surface area contributed by atoms with Crippen LogP contribution >= 0.6 is 0 Å². The Morgan fingerprint density at radius 1 is 1.00 bits per heavy atom. The zero-order valence-corrected chi connectivity index (χ0v) is 21.7. The van der Waals surface area contributed by atoms with Crippen molar-refractivity contribution in [3.8, 4) is 11.1 Å². The highest BCUT2D eigenvalue weighted by Crippen LogP contribution is 2.34. The molecule has 14 heteroatoms. The van der Waals surface area contributed by atoms with Gasteiger partial charge in [0.25, 0.3) is 0 Å². The lowest BCUT2D eigenvalue weighted by molar-refractivity contribution is -0.141. The third kappa shape index (κ3) is 5.95. The molecule has 40 heavy (non-hydrogen) atoms. The first-order valence-electron chi connectivity index (χ1n) is 12.1. The minimum Gasteiger partial charge on any atom is -0.468 e. The van der Waals surface area contributed by atoms with Gasteiger partial charge in [-0.05, 0) is 30.7 Å². The molecule has 0 aliphatic rings. The summed E-state index contributed by atoms with van der Waals surface area (Å²) in [6, 6.07) is 7.89. The maximum Gasteiger partial charge on any atom is 0.325 e. The van der Waals surface area contributed by atoms with Crippen molar-refractivity contribution < 1.29 is 33.1 Å². The van der Waals surface area contributed by atoms with Crippen molar-refractivity contribution >= 4 is 51.4 Å². The van der Waals surface area contributed by atoms with E-state index in [-0.39, 0.29) is 38.0 Å². The molecule has 3 amide bonds. The van der Waals surface area contributed by atoms with Gasteiger partial charge in [-0.25, -0.2) is 9.07 Å². The van der Waals surface area contributed by atoms with E-state index in [1.165, 1.54) is 30.1 Å². The Morgan fingerprint density at radius 2 is 1.75 bits per heavy atom. The molecule has 4 rings (SSSR count). The number of rotatable bonds is 10. The lowest BCUT2D eigenvalue weighted by Crippen LogP contribution is -2.40. The van der Waals surface area contributed by atoms with Crippen molar-refractivity contribution in [1.29, 1.82) is 0 Å². The fourth-order valence-electron chi connectivity index (χ4n) is 4.23. The number of carbonyl (C=O) groups excluding carboxylic acids is 5. The highest BCUT2D eigenvalue weighted by atomic mass is 19.1. The fraction of sp³-hybridized carbons (Fsp3) is 0.269. The van der Waals surface area contributed by atoms with Gasteiger partial charge in [0.15, 0.2) is 0 Å². The van der Waals surface area contributed by atoms with Gasteiger partial charge in [0.2, 0.25) is 23.6 Å². The van der Waals surface area contributed by atoms with Crippen LogP contribution in [0.25, 0.3) is 32.9 Å². The number of fused-ring (bicyclic) bond motifs is 2. The number of amides is 3. The van der Waals surface area contributed by atoms with Crippen LogP contribution in [0.2, 0.25) is 0 Å². The van der Waals surface area contributed by atoms with E-state index in [2.05, 4.69) is 25.6 Å². The van der Waals surface area contributed by atoms with Crippen LogP contribution in [0.4, 0.5) is 4.39 Å². The Morgan fingerprint density at radius 3 is 2.48 bits per heavy atom. The summed E-state index contributed by atoms with van der Waals surface area (Å²) in [6.07, 6.45) is 1.08. The summed E-state index contributed by atoms with van der Waals surface area (Å²) < 4.78 is 22.3. The molecule has 0 aliphatic carbocycles. The van der Waals surface area contributed by atoms with E-state index < -0.39 is 35.4 Å². The quantitative estimate of drug-likeness (QED) is 0.242. The summed E-state index contributed by atoms with van der Waals surface area (Å²) >= 11 is 0. The molecule has 13 nitrogen and oxygen atoms in total. The number of methoxy groups -OCH3 is 1. The average Bonchev–Trinajstić information content (AvgIpc) is 3.48. The normalized spacial score (nSPS) is 11.0. The second kappa shape index (κ2) is 11.7. The second-order valence-corrected chi connectivity index (χ2v) is 8.88. The highest BCUT2D eigenvalue weighted by Gasteiger charge is 2.20. The molecule has 2 aromatic carbocycles. The Hall–Kier alpha value is -5.14. The SMILES string of the molecule is COC(=O)CNC(=O)CNC(=O)Cn1nc(C)c2c(-c3cc4c(cnn4C(=O)CCC(N)=O)cc3F)cccc21. The first-order valence-corrected chi connectivity index (χ1v) is 12.1. The molecule has 0 unspecified atom stereocenters. The number of aromatic nitrogens is 4. The van der Waals surface area contributed by atoms with E-state index in [0.29, 0.717) is 33.1 Å². The molecule has 0 aliphatic heterocycles. The topological polar surface area (TPSA) is 180 Å². The molecule has 0 saturated carbocycles. The Kier molecular flexibility index (Phi) is 8.17. The second-order valence-electron chi connectivity index (χ2n) is 8.88. The first kappa shape index (κ1) is 27.9. The number of ether oxygens (including phenoxy) is 1. The maximum atomic E-state index is 15.3. The third-order valence-electron chi connectivity index (χ3n) is 6.12. The van der Waals surface area contributed by atoms with Gasteiger partial charge >= 0.3 is 5.97 Å². The smallest absolute Gasteiger partial charge is 0.325 e. The van der Waals surface area contributed by atoms with E-state index >= 15 is 4.39 Å². The molecule has 208 valence electrons. The fourth-order valence-corrected chi connectivity index (χ4v) is 4.23. The van der Waals surface area contributed by atoms with Gasteiger partial charge in [0.1, 0.15) is 18.9 Å². The van der Waals surface area contributed by atoms with Gasteiger partial charge in [-0.3, -0.25) is 28.7 Å². The molecule has 2 heterocycles. The van der Waals surface area contributed by atoms with Crippen molar-refractivity contribution in [2.24, 2.45) is 5.73 Å². The summed E-state index contributed by atoms with van der Waals surface area (Å²) in [5.41, 5.74) is 7.26. The summed E-state index contributed by atoms with van der Waals surface area (Å²) in [4.78, 5) is 59.2. The number of hydrogen-bond donors (Lipinski definition) is 3. The summed E-state index contributed by atoms with van der Waals surface area (Å²) in [5.74, 6) is -3.32. The molecule has 4 aromatic rings. The van der Waals surface area contributed by atoms with Crippen molar-refractivity contribution in [2.45, 2.75) is 26.3 Å². The molecule has 0 fully saturated rings. The number of carbonyl (C=O) groups is 5. The minimum absolute atomic E-state index is 0.141. The van der Waals surface area contributed by atoms with Gasteiger partial charge in [-0.1, -0.05) is 12.1 Å². The third-order valence-corrected chi connectivity index (χ3v) is 6.12. The summed E-state index contributed by atoms with van der Waals surface area (Å²) in [7, 11) is 1.19. The van der Waals surface area contributed by atoms with E-state index in [1.54, 1.807) is 25.1 Å². The van der Waals surface area contributed by atoms with E-state index in [1.807, 2.05) is 0 Å². The first-order chi connectivity index (χ1) is 19.1. The molecule has 0 radical (unpaired) electrons. The number of aryl methyl sites for hydroxylation is 1. The molecule has 0 bridgehead atoms. The van der Waals surface area contributed by atoms with Gasteiger partial charge in [0.05, 0.1) is 36.6 Å². The van der Waals surface area contributed by atoms with Crippen LogP contribution in [0.3, 0.4) is 0 Å². The monoisotopic (exact) mass is 551 g/mol. The molecule has 0 saturated heterocycles. The van der Waals surface area contributed by atoms with Crippen molar-refractivity contribution in [3.05, 3.63) is 48.0 Å². The summed E-state index contributed by atoms with van der Waals surface area (Å²) in [6.45, 7) is 0.827. The number of nitrogens with one attached hydrogen (secondary N) is 2. The number of nitrogens with two attached hydrogens (primary N) is 1. The van der Waals surface area contributed by atoms with Gasteiger partial charge in [0, 0.05) is 29.2 Å². The largest absolute Gasteiger partial charge is 0.468 e. The van der Waals surface area contributed by atoms with Crippen LogP contribution in [-0.4, -0.2) is 69.4 Å². The molecule has 0 spiro atoms. The number of hydrogen-bond acceptors (Lipinski definition) is 8. The number of benzene rings is 2. The molecule has 2 aromatic heterocycles. The number of halogens is 1. The standard InChI is InChI=1S/C26H26FN7O6/c1-14-26-16(17-9-20-15(8-18(17)27)10-31-34(20)24(38)7-6-21(28)35)4-3-5-19(26)33(32-14)13-23(37)29-11-22(36)30-12-25(39)40-2/h3-5,8-10H,6-7,11-13H2,1-2H3,(H2,28,35)(H,29,37)(H,30,36). The maximum absolute atomic E-state index is 15.3. The molecule has 4 N–H and O–H groups in total. The average molecular weight is 552 g/mol. The highest BCUT2D eigenvalue weighted by molar-refractivity contribution is 6.01.